The number of nitrogens with zero attached hydrogens (tertiary/aromatic N) is 9. The zero-order valence-electron chi connectivity index (χ0n) is 17.6. The number of hydrogen-bond donors (Lipinski definition) is 0. The maximum Gasteiger partial charge on any atom is 0.113 e. The van der Waals surface area contributed by atoms with Crippen molar-refractivity contribution in [3.05, 3.63) is 96.2 Å². The second-order valence-corrected chi connectivity index (χ2v) is 7.60. The normalized spacial score (nSPS) is 11.1. The summed E-state index contributed by atoms with van der Waals surface area (Å²) in [6.07, 6.45) is 7.41. The Morgan fingerprint density at radius 1 is 0.562 bits per heavy atom. The lowest BCUT2D eigenvalue weighted by atomic mass is 10.2. The second-order valence-electron chi connectivity index (χ2n) is 7.60. The Morgan fingerprint density at radius 2 is 1.12 bits per heavy atom. The van der Waals surface area contributed by atoms with Gasteiger partial charge in [-0.1, -0.05) is 76.3 Å². The minimum atomic E-state index is 0.701. The third-order valence-corrected chi connectivity index (χ3v) is 5.16. The number of aryl methyl sites for hydroxylation is 4. The molecule has 0 aliphatic rings. The highest BCUT2D eigenvalue weighted by atomic mass is 15.4. The number of benzene rings is 2. The molecule has 9 heteroatoms. The molecule has 9 nitrogen and oxygen atoms in total. The summed E-state index contributed by atoms with van der Waals surface area (Å²) >= 11 is 0. The molecule has 0 aliphatic heterocycles. The molecular formula is C23H23N9. The van der Waals surface area contributed by atoms with Gasteiger partial charge in [-0.05, 0) is 5.56 Å². The number of rotatable bonds is 9. The fraction of sp³-hybridized carbons (Fsp3) is 0.217. The van der Waals surface area contributed by atoms with E-state index in [1.54, 1.807) is 0 Å². The molecule has 5 aromatic rings. The summed E-state index contributed by atoms with van der Waals surface area (Å²) in [6.45, 7) is 2.13. The first-order valence-corrected chi connectivity index (χ1v) is 10.6. The molecule has 0 spiro atoms. The average Bonchev–Trinajstić information content (AvgIpc) is 3.59. The highest BCUT2D eigenvalue weighted by Crippen LogP contribution is 2.15. The lowest BCUT2D eigenvalue weighted by molar-refractivity contribution is 0.580. The third-order valence-electron chi connectivity index (χ3n) is 5.16. The van der Waals surface area contributed by atoms with E-state index >= 15 is 0 Å². The van der Waals surface area contributed by atoms with E-state index in [0.717, 1.165) is 42.0 Å². The topological polar surface area (TPSA) is 92.1 Å². The van der Waals surface area contributed by atoms with Gasteiger partial charge in [0.1, 0.15) is 5.69 Å². The van der Waals surface area contributed by atoms with Crippen LogP contribution in [0, 0.1) is 0 Å². The van der Waals surface area contributed by atoms with E-state index in [1.807, 2.05) is 81.2 Å². The Hall–Kier alpha value is -4.14. The highest BCUT2D eigenvalue weighted by molar-refractivity contribution is 5.57. The maximum atomic E-state index is 4.28. The fourth-order valence-corrected chi connectivity index (χ4v) is 3.47. The largest absolute Gasteiger partial charge is 0.252 e. The summed E-state index contributed by atoms with van der Waals surface area (Å²) in [6, 6.07) is 20.3. The van der Waals surface area contributed by atoms with Crippen LogP contribution in [0.1, 0.15) is 17.0 Å². The van der Waals surface area contributed by atoms with Crippen molar-refractivity contribution in [2.24, 2.45) is 0 Å². The van der Waals surface area contributed by atoms with Crippen molar-refractivity contribution < 1.29 is 0 Å². The smallest absolute Gasteiger partial charge is 0.113 e. The molecule has 3 aromatic heterocycles. The first-order chi connectivity index (χ1) is 15.8. The van der Waals surface area contributed by atoms with Gasteiger partial charge in [-0.2, -0.15) is 0 Å². The minimum Gasteiger partial charge on any atom is -0.252 e. The van der Waals surface area contributed by atoms with E-state index in [1.165, 1.54) is 5.56 Å². The molecule has 0 saturated carbocycles. The standard InChI is InChI=1S/C23H23N9/c1-3-7-19(8-4-1)15-32-17-22(25-28-32)11-13-30-16-21(24-27-30)12-14-31-18-23(26-29-31)20-9-5-2-6-10-20/h1-10,16-18H,11-15H2. The van der Waals surface area contributed by atoms with Gasteiger partial charge in [0.05, 0.1) is 24.1 Å². The number of aromatic nitrogens is 9. The molecule has 3 heterocycles. The zero-order valence-corrected chi connectivity index (χ0v) is 17.6. The van der Waals surface area contributed by atoms with Crippen molar-refractivity contribution in [2.75, 3.05) is 0 Å². The molecule has 0 bridgehead atoms. The van der Waals surface area contributed by atoms with Crippen LogP contribution in [0.3, 0.4) is 0 Å². The predicted octanol–water partition coefficient (Wildman–Crippen LogP) is 2.66. The molecule has 0 unspecified atom stereocenters. The Balaban J connectivity index is 1.11. The van der Waals surface area contributed by atoms with Gasteiger partial charge < -0.3 is 0 Å². The molecule has 0 amide bonds. The van der Waals surface area contributed by atoms with Crippen LogP contribution in [0.2, 0.25) is 0 Å². The lowest BCUT2D eigenvalue weighted by Gasteiger charge is -1.99. The Kier molecular flexibility index (Phi) is 5.78. The molecule has 0 atom stereocenters. The van der Waals surface area contributed by atoms with Crippen molar-refractivity contribution >= 4 is 0 Å². The van der Waals surface area contributed by atoms with Crippen LogP contribution in [0.4, 0.5) is 0 Å². The van der Waals surface area contributed by atoms with Crippen LogP contribution in [0.5, 0.6) is 0 Å². The zero-order chi connectivity index (χ0) is 21.6. The summed E-state index contributed by atoms with van der Waals surface area (Å²) in [4.78, 5) is 0. The van der Waals surface area contributed by atoms with Crippen LogP contribution in [-0.2, 0) is 32.5 Å². The van der Waals surface area contributed by atoms with Crippen molar-refractivity contribution in [1.82, 2.24) is 45.0 Å². The summed E-state index contributed by atoms with van der Waals surface area (Å²) in [5.74, 6) is 0. The van der Waals surface area contributed by atoms with Gasteiger partial charge in [0, 0.05) is 43.9 Å². The van der Waals surface area contributed by atoms with Gasteiger partial charge in [0.15, 0.2) is 0 Å². The Bertz CT molecular complexity index is 1250. The monoisotopic (exact) mass is 425 g/mol. The molecule has 0 aliphatic carbocycles. The SMILES string of the molecule is c1ccc(Cn2cc(CCn3cc(CCn4cc(-c5ccccc5)nn4)nn3)nn2)cc1. The maximum absolute atomic E-state index is 4.28. The lowest BCUT2D eigenvalue weighted by Crippen LogP contribution is -2.03. The van der Waals surface area contributed by atoms with E-state index in [2.05, 4.69) is 43.1 Å². The van der Waals surface area contributed by atoms with Crippen LogP contribution in [0.15, 0.2) is 79.3 Å². The molecule has 0 radical (unpaired) electrons. The van der Waals surface area contributed by atoms with Crippen LogP contribution < -0.4 is 0 Å². The molecule has 32 heavy (non-hydrogen) atoms. The first kappa shape index (κ1) is 19.8. The average molecular weight is 426 g/mol. The minimum absolute atomic E-state index is 0.701. The van der Waals surface area contributed by atoms with Crippen molar-refractivity contribution in [2.45, 2.75) is 32.5 Å². The van der Waals surface area contributed by atoms with Gasteiger partial charge in [-0.25, -0.2) is 4.68 Å². The van der Waals surface area contributed by atoms with Crippen molar-refractivity contribution in [3.63, 3.8) is 0 Å². The number of hydrogen-bond acceptors (Lipinski definition) is 6. The molecule has 160 valence electrons. The van der Waals surface area contributed by atoms with Crippen LogP contribution in [-0.4, -0.2) is 45.0 Å². The van der Waals surface area contributed by atoms with Crippen molar-refractivity contribution in [1.29, 1.82) is 0 Å². The predicted molar refractivity (Wildman–Crippen MR) is 118 cm³/mol. The second kappa shape index (κ2) is 9.34. The first-order valence-electron chi connectivity index (χ1n) is 10.6. The van der Waals surface area contributed by atoms with E-state index < -0.39 is 0 Å². The van der Waals surface area contributed by atoms with Crippen LogP contribution in [0.25, 0.3) is 11.3 Å². The van der Waals surface area contributed by atoms with Crippen LogP contribution >= 0.6 is 0 Å². The third kappa shape index (κ3) is 4.94. The Labute approximate surface area is 185 Å². The summed E-state index contributed by atoms with van der Waals surface area (Å²) in [5.41, 5.74) is 5.00. The van der Waals surface area contributed by atoms with E-state index in [4.69, 9.17) is 0 Å². The van der Waals surface area contributed by atoms with E-state index in [-0.39, 0.29) is 0 Å². The molecule has 0 saturated heterocycles. The quantitative estimate of drug-likeness (QED) is 0.361. The molecule has 5 rings (SSSR count). The molecule has 0 fully saturated rings. The summed E-state index contributed by atoms with van der Waals surface area (Å²) in [7, 11) is 0. The Morgan fingerprint density at radius 3 is 1.84 bits per heavy atom. The van der Waals surface area contributed by atoms with E-state index in [9.17, 15) is 0 Å². The molecule has 2 aromatic carbocycles. The molecule has 0 N–H and O–H groups in total. The van der Waals surface area contributed by atoms with Gasteiger partial charge in [-0.15, -0.1) is 15.3 Å². The van der Waals surface area contributed by atoms with Gasteiger partial charge in [0.25, 0.3) is 0 Å². The highest BCUT2D eigenvalue weighted by Gasteiger charge is 2.07. The van der Waals surface area contributed by atoms with Gasteiger partial charge >= 0.3 is 0 Å². The summed E-state index contributed by atoms with van der Waals surface area (Å²) < 4.78 is 5.55. The van der Waals surface area contributed by atoms with Crippen molar-refractivity contribution in [3.8, 4) is 11.3 Å². The fourth-order valence-electron chi connectivity index (χ4n) is 3.47. The summed E-state index contributed by atoms with van der Waals surface area (Å²) in [5, 5.41) is 25.5. The van der Waals surface area contributed by atoms with Gasteiger partial charge in [-0.3, -0.25) is 9.36 Å². The molecular weight excluding hydrogens is 402 g/mol. The van der Waals surface area contributed by atoms with E-state index in [0.29, 0.717) is 13.1 Å². The van der Waals surface area contributed by atoms with Gasteiger partial charge in [0.2, 0.25) is 0 Å².